The zero-order valence-electron chi connectivity index (χ0n) is 19.6. The average Bonchev–Trinajstić information content (AvgIpc) is 3.22. The van der Waals surface area contributed by atoms with Gasteiger partial charge in [-0.3, -0.25) is 9.59 Å². The van der Waals surface area contributed by atoms with Gasteiger partial charge in [-0.25, -0.2) is 4.68 Å². The number of ketones is 1. The number of phenolic OH excluding ortho intramolecular Hbond substituents is 1. The number of rotatable bonds is 4. The zero-order valence-corrected chi connectivity index (χ0v) is 20.3. The number of fused-ring (bicyclic) bond motifs is 1. The highest BCUT2D eigenvalue weighted by Crippen LogP contribution is 2.47. The van der Waals surface area contributed by atoms with E-state index in [1.165, 1.54) is 19.4 Å². The van der Waals surface area contributed by atoms with E-state index < -0.39 is 6.04 Å². The lowest BCUT2D eigenvalue weighted by atomic mass is 9.73. The molecule has 0 radical (unpaired) electrons. The van der Waals surface area contributed by atoms with Crippen LogP contribution < -0.4 is 15.4 Å². The number of anilines is 2. The molecule has 2 heterocycles. The Labute approximate surface area is 207 Å². The van der Waals surface area contributed by atoms with E-state index in [1.54, 1.807) is 41.1 Å². The van der Waals surface area contributed by atoms with Gasteiger partial charge in [-0.2, -0.15) is 5.10 Å². The van der Waals surface area contributed by atoms with E-state index in [9.17, 15) is 14.7 Å². The van der Waals surface area contributed by atoms with E-state index in [-0.39, 0.29) is 22.9 Å². The van der Waals surface area contributed by atoms with Crippen LogP contribution in [0.4, 0.5) is 11.5 Å². The van der Waals surface area contributed by atoms with Gasteiger partial charge in [0.15, 0.2) is 17.3 Å². The van der Waals surface area contributed by atoms with Crippen LogP contribution in [0.25, 0.3) is 0 Å². The number of aromatic hydroxyl groups is 1. The van der Waals surface area contributed by atoms with Crippen molar-refractivity contribution in [3.63, 3.8) is 0 Å². The van der Waals surface area contributed by atoms with Crippen molar-refractivity contribution in [2.45, 2.75) is 32.7 Å². The Balaban J connectivity index is 1.61. The van der Waals surface area contributed by atoms with Crippen molar-refractivity contribution >= 4 is 34.8 Å². The largest absolute Gasteiger partial charge is 0.504 e. The summed E-state index contributed by atoms with van der Waals surface area (Å²) in [7, 11) is 1.47. The fourth-order valence-corrected chi connectivity index (χ4v) is 4.91. The third-order valence-electron chi connectivity index (χ3n) is 6.37. The van der Waals surface area contributed by atoms with E-state index in [0.717, 1.165) is 11.3 Å². The number of halogens is 1. The molecular formula is C26H25ClN4O4. The summed E-state index contributed by atoms with van der Waals surface area (Å²) >= 11 is 5.95. The number of carbonyl (C=O) groups is 2. The number of ether oxygens (including phenoxy) is 1. The van der Waals surface area contributed by atoms with Crippen molar-refractivity contribution in [2.24, 2.45) is 5.41 Å². The van der Waals surface area contributed by atoms with Gasteiger partial charge in [-0.1, -0.05) is 31.5 Å². The molecule has 5 rings (SSSR count). The van der Waals surface area contributed by atoms with Crippen LogP contribution in [0, 0.1) is 5.41 Å². The summed E-state index contributed by atoms with van der Waals surface area (Å²) in [6, 6.07) is 11.2. The minimum atomic E-state index is -0.573. The second-order valence-electron chi connectivity index (χ2n) is 9.60. The molecule has 0 saturated carbocycles. The lowest BCUT2D eigenvalue weighted by molar-refractivity contribution is -0.118. The molecule has 3 N–H and O–H groups in total. The van der Waals surface area contributed by atoms with Crippen LogP contribution in [0.5, 0.6) is 11.5 Å². The summed E-state index contributed by atoms with van der Waals surface area (Å²) < 4.78 is 6.96. The smallest absolute Gasteiger partial charge is 0.261 e. The number of carbonyl (C=O) groups excluding carboxylic acids is 2. The number of aromatic nitrogens is 2. The fraction of sp³-hybridized carbons (Fsp3) is 0.269. The Hall–Kier alpha value is -3.78. The minimum absolute atomic E-state index is 0.000730. The third kappa shape index (κ3) is 4.14. The normalized spacial score (nSPS) is 18.4. The maximum Gasteiger partial charge on any atom is 0.261 e. The number of methoxy groups -OCH3 is 1. The maximum absolute atomic E-state index is 13.4. The van der Waals surface area contributed by atoms with Crippen molar-refractivity contribution in [3.8, 4) is 11.5 Å². The van der Waals surface area contributed by atoms with Crippen molar-refractivity contribution in [1.29, 1.82) is 0 Å². The predicted octanol–water partition coefficient (Wildman–Crippen LogP) is 5.16. The van der Waals surface area contributed by atoms with Gasteiger partial charge in [-0.05, 0) is 53.8 Å². The molecule has 0 bridgehead atoms. The molecule has 3 aromatic rings. The van der Waals surface area contributed by atoms with Gasteiger partial charge in [0, 0.05) is 28.4 Å². The molecular weight excluding hydrogens is 468 g/mol. The molecule has 0 unspecified atom stereocenters. The minimum Gasteiger partial charge on any atom is -0.504 e. The Morgan fingerprint density at radius 2 is 1.97 bits per heavy atom. The highest BCUT2D eigenvalue weighted by atomic mass is 35.5. The van der Waals surface area contributed by atoms with Gasteiger partial charge < -0.3 is 20.5 Å². The highest BCUT2D eigenvalue weighted by molar-refractivity contribution is 6.30. The van der Waals surface area contributed by atoms with Crippen LogP contribution in [0.3, 0.4) is 0 Å². The summed E-state index contributed by atoms with van der Waals surface area (Å²) in [5.41, 5.74) is 2.82. The van der Waals surface area contributed by atoms with Gasteiger partial charge in [0.25, 0.3) is 5.91 Å². The quantitative estimate of drug-likeness (QED) is 0.464. The Kier molecular flexibility index (Phi) is 5.56. The highest BCUT2D eigenvalue weighted by Gasteiger charge is 2.42. The summed E-state index contributed by atoms with van der Waals surface area (Å²) in [5, 5.41) is 21.4. The standard InChI is InChI=1S/C26H25ClN4O4/c1-26(2)11-18-22(20(33)12-26)23(14-4-9-19(32)21(10-14)35-3)31-24(30-18)17(13-28-31)25(34)29-16-7-5-15(27)6-8-16/h4-10,13,23,30,32H,11-12H2,1-3H3,(H,29,34)/t23-/m1/s1. The summed E-state index contributed by atoms with van der Waals surface area (Å²) in [5.74, 6) is 0.473. The van der Waals surface area contributed by atoms with Crippen molar-refractivity contribution in [2.75, 3.05) is 17.7 Å². The lowest BCUT2D eigenvalue weighted by Gasteiger charge is -2.39. The summed E-state index contributed by atoms with van der Waals surface area (Å²) in [6.45, 7) is 4.10. The second kappa shape index (κ2) is 8.46. The van der Waals surface area contributed by atoms with Crippen LogP contribution in [-0.4, -0.2) is 33.7 Å². The van der Waals surface area contributed by atoms with Crippen LogP contribution in [0.15, 0.2) is 59.9 Å². The number of benzene rings is 2. The molecule has 0 spiro atoms. The lowest BCUT2D eigenvalue weighted by Crippen LogP contribution is -2.37. The second-order valence-corrected chi connectivity index (χ2v) is 10.0. The number of allylic oxidation sites excluding steroid dienone is 2. The molecule has 8 nitrogen and oxygen atoms in total. The van der Waals surface area contributed by atoms with Crippen molar-refractivity contribution in [3.05, 3.63) is 76.1 Å². The number of nitrogens with zero attached hydrogens (tertiary/aromatic N) is 2. The molecule has 0 fully saturated rings. The van der Waals surface area contributed by atoms with Crippen LogP contribution >= 0.6 is 11.6 Å². The van der Waals surface area contributed by atoms with E-state index >= 15 is 0 Å². The summed E-state index contributed by atoms with van der Waals surface area (Å²) in [4.78, 5) is 26.6. The van der Waals surface area contributed by atoms with Crippen molar-refractivity contribution in [1.82, 2.24) is 9.78 Å². The molecule has 2 aliphatic rings. The third-order valence-corrected chi connectivity index (χ3v) is 6.62. The van der Waals surface area contributed by atoms with Crippen LogP contribution in [-0.2, 0) is 4.79 Å². The number of hydrogen-bond acceptors (Lipinski definition) is 6. The maximum atomic E-state index is 13.4. The predicted molar refractivity (Wildman–Crippen MR) is 133 cm³/mol. The van der Waals surface area contributed by atoms with E-state index in [0.29, 0.717) is 46.3 Å². The molecule has 1 amide bonds. The van der Waals surface area contributed by atoms with Gasteiger partial charge in [0.05, 0.1) is 13.3 Å². The van der Waals surface area contributed by atoms with Crippen LogP contribution in [0.1, 0.15) is 48.7 Å². The van der Waals surface area contributed by atoms with Gasteiger partial charge in [0.1, 0.15) is 17.4 Å². The molecule has 1 aliphatic carbocycles. The topological polar surface area (TPSA) is 105 Å². The van der Waals surface area contributed by atoms with Gasteiger partial charge >= 0.3 is 0 Å². The first-order valence-electron chi connectivity index (χ1n) is 11.2. The Bertz CT molecular complexity index is 1370. The SMILES string of the molecule is COc1cc([C@@H]2C3=C(CC(C)(C)CC3=O)Nc3c(C(=O)Nc4ccc(Cl)cc4)cnn32)ccc1O. The fourth-order valence-electron chi connectivity index (χ4n) is 4.78. The molecule has 1 atom stereocenters. The molecule has 1 aliphatic heterocycles. The number of Topliss-reactive ketones (excluding diaryl/α,β-unsaturated/α-hetero) is 1. The molecule has 180 valence electrons. The Morgan fingerprint density at radius 3 is 2.69 bits per heavy atom. The first kappa shape index (κ1) is 23.0. The monoisotopic (exact) mass is 492 g/mol. The summed E-state index contributed by atoms with van der Waals surface area (Å²) in [6.07, 6.45) is 2.54. The molecule has 1 aromatic heterocycles. The number of nitrogens with one attached hydrogen (secondary N) is 2. The molecule has 2 aromatic carbocycles. The molecule has 9 heteroatoms. The Morgan fingerprint density at radius 1 is 1.23 bits per heavy atom. The van der Waals surface area contributed by atoms with E-state index in [1.807, 2.05) is 0 Å². The number of phenols is 1. The van der Waals surface area contributed by atoms with Gasteiger partial charge in [0.2, 0.25) is 0 Å². The number of amides is 1. The molecule has 35 heavy (non-hydrogen) atoms. The first-order chi connectivity index (χ1) is 16.7. The molecule has 0 saturated heterocycles. The zero-order chi connectivity index (χ0) is 24.9. The van der Waals surface area contributed by atoms with Gasteiger partial charge in [-0.15, -0.1) is 0 Å². The van der Waals surface area contributed by atoms with Crippen molar-refractivity contribution < 1.29 is 19.4 Å². The number of hydrogen-bond donors (Lipinski definition) is 3. The van der Waals surface area contributed by atoms with E-state index in [4.69, 9.17) is 16.3 Å². The first-order valence-corrected chi connectivity index (χ1v) is 11.6. The van der Waals surface area contributed by atoms with Crippen LogP contribution in [0.2, 0.25) is 5.02 Å². The average molecular weight is 493 g/mol. The van der Waals surface area contributed by atoms with E-state index in [2.05, 4.69) is 29.6 Å².